The van der Waals surface area contributed by atoms with E-state index in [4.69, 9.17) is 16.3 Å². The number of hydrogen-bond donors (Lipinski definition) is 1. The largest absolute Gasteiger partial charge is 0.467 e. The maximum Gasteiger partial charge on any atom is 0.333 e. The molecule has 0 spiro atoms. The zero-order valence-corrected chi connectivity index (χ0v) is 12.2. The number of methoxy groups -OCH3 is 1. The van der Waals surface area contributed by atoms with E-state index < -0.39 is 6.04 Å². The number of thiophene rings is 1. The molecule has 0 aliphatic rings. The molecule has 0 saturated carbocycles. The van der Waals surface area contributed by atoms with Gasteiger partial charge in [0, 0.05) is 15.6 Å². The molecule has 0 amide bonds. The number of carbonyl (C=O) groups is 1. The van der Waals surface area contributed by atoms with Gasteiger partial charge in [-0.2, -0.15) is 0 Å². The summed E-state index contributed by atoms with van der Waals surface area (Å²) in [5.74, 6) is -0.305. The first-order valence-corrected chi connectivity index (χ1v) is 7.01. The van der Waals surface area contributed by atoms with Crippen molar-refractivity contribution in [1.82, 2.24) is 0 Å². The lowest BCUT2D eigenvalue weighted by atomic mass is 10.1. The van der Waals surface area contributed by atoms with E-state index in [1.807, 2.05) is 30.5 Å². The smallest absolute Gasteiger partial charge is 0.333 e. The summed E-state index contributed by atoms with van der Waals surface area (Å²) in [5.41, 5.74) is 1.90. The molecule has 100 valence electrons. The first-order chi connectivity index (χ1) is 9.11. The number of esters is 1. The zero-order valence-electron chi connectivity index (χ0n) is 10.6. The van der Waals surface area contributed by atoms with Gasteiger partial charge >= 0.3 is 5.97 Å². The number of carbonyl (C=O) groups excluding carboxylic acids is 1. The molecule has 0 aliphatic carbocycles. The summed E-state index contributed by atoms with van der Waals surface area (Å²) in [6.45, 7) is 1.98. The van der Waals surface area contributed by atoms with Gasteiger partial charge in [-0.1, -0.05) is 11.6 Å². The Morgan fingerprint density at radius 3 is 2.53 bits per heavy atom. The normalized spacial score (nSPS) is 11.9. The van der Waals surface area contributed by atoms with Crippen LogP contribution in [-0.4, -0.2) is 13.1 Å². The Labute approximate surface area is 121 Å². The average molecular weight is 296 g/mol. The summed E-state index contributed by atoms with van der Waals surface area (Å²) in [4.78, 5) is 12.9. The van der Waals surface area contributed by atoms with Crippen LogP contribution in [0.5, 0.6) is 0 Å². The molecule has 1 unspecified atom stereocenters. The summed E-state index contributed by atoms with van der Waals surface area (Å²) >= 11 is 7.38. The Morgan fingerprint density at radius 2 is 2.00 bits per heavy atom. The van der Waals surface area contributed by atoms with E-state index in [9.17, 15) is 4.79 Å². The molecule has 2 rings (SSSR count). The molecule has 0 bridgehead atoms. The van der Waals surface area contributed by atoms with Crippen molar-refractivity contribution in [2.75, 3.05) is 12.4 Å². The third-order valence-corrected chi connectivity index (χ3v) is 4.09. The van der Waals surface area contributed by atoms with E-state index in [0.29, 0.717) is 5.02 Å². The van der Waals surface area contributed by atoms with Crippen molar-refractivity contribution in [2.45, 2.75) is 13.0 Å². The lowest BCUT2D eigenvalue weighted by Crippen LogP contribution is -2.22. The van der Waals surface area contributed by atoms with Crippen LogP contribution in [0.4, 0.5) is 5.69 Å². The molecule has 1 aromatic carbocycles. The van der Waals surface area contributed by atoms with Gasteiger partial charge in [0.05, 0.1) is 7.11 Å². The van der Waals surface area contributed by atoms with Crippen LogP contribution in [-0.2, 0) is 9.53 Å². The van der Waals surface area contributed by atoms with Crippen LogP contribution in [0.1, 0.15) is 16.5 Å². The fourth-order valence-corrected chi connectivity index (χ4v) is 2.83. The van der Waals surface area contributed by atoms with Crippen molar-refractivity contribution in [3.8, 4) is 0 Å². The third kappa shape index (κ3) is 3.28. The Bertz CT molecular complexity index is 565. The topological polar surface area (TPSA) is 38.3 Å². The second-order valence-electron chi connectivity index (χ2n) is 4.08. The lowest BCUT2D eigenvalue weighted by Gasteiger charge is -2.17. The van der Waals surface area contributed by atoms with E-state index in [2.05, 4.69) is 5.32 Å². The van der Waals surface area contributed by atoms with Crippen LogP contribution >= 0.6 is 22.9 Å². The van der Waals surface area contributed by atoms with Crippen LogP contribution in [0.25, 0.3) is 0 Å². The third-order valence-electron chi connectivity index (χ3n) is 2.76. The van der Waals surface area contributed by atoms with Gasteiger partial charge in [0.25, 0.3) is 0 Å². The van der Waals surface area contributed by atoms with Crippen LogP contribution in [0, 0.1) is 6.92 Å². The molecule has 2 aromatic rings. The van der Waals surface area contributed by atoms with Gasteiger partial charge in [-0.05, 0) is 48.2 Å². The highest BCUT2D eigenvalue weighted by Crippen LogP contribution is 2.28. The number of rotatable bonds is 4. The van der Waals surface area contributed by atoms with Crippen molar-refractivity contribution in [3.63, 3.8) is 0 Å². The Hall–Kier alpha value is -1.52. The van der Waals surface area contributed by atoms with E-state index in [-0.39, 0.29) is 5.97 Å². The van der Waals surface area contributed by atoms with Crippen molar-refractivity contribution in [2.24, 2.45) is 0 Å². The summed E-state index contributed by atoms with van der Waals surface area (Å²) < 4.78 is 4.87. The van der Waals surface area contributed by atoms with Crippen molar-refractivity contribution in [3.05, 3.63) is 51.2 Å². The number of ether oxygens (including phenoxy) is 1. The van der Waals surface area contributed by atoms with E-state index in [1.165, 1.54) is 18.4 Å². The molecule has 1 heterocycles. The lowest BCUT2D eigenvalue weighted by molar-refractivity contribution is -0.141. The first kappa shape index (κ1) is 13.9. The molecule has 5 heteroatoms. The fraction of sp³-hybridized carbons (Fsp3) is 0.214. The van der Waals surface area contributed by atoms with E-state index >= 15 is 0 Å². The number of anilines is 1. The number of nitrogens with one attached hydrogen (secondary N) is 1. The molecule has 0 aliphatic heterocycles. The Morgan fingerprint density at radius 1 is 1.32 bits per heavy atom. The van der Waals surface area contributed by atoms with Gasteiger partial charge in [-0.15, -0.1) is 11.3 Å². The highest BCUT2D eigenvalue weighted by atomic mass is 35.5. The van der Waals surface area contributed by atoms with Crippen LogP contribution in [0.2, 0.25) is 5.02 Å². The van der Waals surface area contributed by atoms with Crippen molar-refractivity contribution in [1.29, 1.82) is 0 Å². The minimum atomic E-state index is -0.494. The number of benzene rings is 1. The molecule has 19 heavy (non-hydrogen) atoms. The van der Waals surface area contributed by atoms with Crippen molar-refractivity contribution < 1.29 is 9.53 Å². The summed E-state index contributed by atoms with van der Waals surface area (Å²) in [7, 11) is 1.39. The average Bonchev–Trinajstić information content (AvgIpc) is 2.83. The zero-order chi connectivity index (χ0) is 13.8. The van der Waals surface area contributed by atoms with Crippen LogP contribution < -0.4 is 5.32 Å². The molecule has 1 atom stereocenters. The first-order valence-electron chi connectivity index (χ1n) is 5.75. The molecular weight excluding hydrogens is 282 g/mol. The summed E-state index contributed by atoms with van der Waals surface area (Å²) in [5, 5.41) is 5.80. The van der Waals surface area contributed by atoms with E-state index in [0.717, 1.165) is 16.1 Å². The molecule has 0 radical (unpaired) electrons. The number of halogens is 1. The maximum absolute atomic E-state index is 11.9. The minimum Gasteiger partial charge on any atom is -0.467 e. The molecule has 0 saturated heterocycles. The second kappa shape index (κ2) is 6.08. The molecule has 3 nitrogen and oxygen atoms in total. The van der Waals surface area contributed by atoms with Gasteiger partial charge in [-0.3, -0.25) is 0 Å². The molecular formula is C14H14ClNO2S. The Balaban J connectivity index is 2.27. The molecule has 1 aromatic heterocycles. The highest BCUT2D eigenvalue weighted by molar-refractivity contribution is 7.10. The van der Waals surface area contributed by atoms with Gasteiger partial charge < -0.3 is 10.1 Å². The predicted molar refractivity (Wildman–Crippen MR) is 78.9 cm³/mol. The SMILES string of the molecule is COC(=O)C(Nc1ccc(Cl)cc1)c1sccc1C. The maximum atomic E-state index is 11.9. The monoisotopic (exact) mass is 295 g/mol. The summed E-state index contributed by atoms with van der Waals surface area (Å²) in [6.07, 6.45) is 0. The van der Waals surface area contributed by atoms with Gasteiger partial charge in [0.1, 0.15) is 0 Å². The summed E-state index contributed by atoms with van der Waals surface area (Å²) in [6, 6.07) is 8.71. The second-order valence-corrected chi connectivity index (χ2v) is 5.46. The van der Waals surface area contributed by atoms with Gasteiger partial charge in [-0.25, -0.2) is 4.79 Å². The molecule has 1 N–H and O–H groups in total. The van der Waals surface area contributed by atoms with Crippen LogP contribution in [0.15, 0.2) is 35.7 Å². The fourth-order valence-electron chi connectivity index (χ4n) is 1.74. The quantitative estimate of drug-likeness (QED) is 0.865. The van der Waals surface area contributed by atoms with Crippen LogP contribution in [0.3, 0.4) is 0 Å². The standard InChI is InChI=1S/C14H14ClNO2S/c1-9-7-8-19-13(9)12(14(17)18-2)16-11-5-3-10(15)4-6-11/h3-8,12,16H,1-2H3. The number of aryl methyl sites for hydroxylation is 1. The van der Waals surface area contributed by atoms with Crippen molar-refractivity contribution >= 4 is 34.6 Å². The molecule has 0 fully saturated rings. The predicted octanol–water partition coefficient (Wildman–Crippen LogP) is 4.04. The number of hydrogen-bond acceptors (Lipinski definition) is 4. The van der Waals surface area contributed by atoms with Gasteiger partial charge in [0.2, 0.25) is 0 Å². The Kier molecular flexibility index (Phi) is 4.45. The highest BCUT2D eigenvalue weighted by Gasteiger charge is 2.24. The van der Waals surface area contributed by atoms with E-state index in [1.54, 1.807) is 12.1 Å². The minimum absolute atomic E-state index is 0.305. The van der Waals surface area contributed by atoms with Gasteiger partial charge in [0.15, 0.2) is 6.04 Å².